The number of hydrogen-bond acceptors (Lipinski definition) is 4. The fourth-order valence-electron chi connectivity index (χ4n) is 2.57. The van der Waals surface area contributed by atoms with E-state index in [2.05, 4.69) is 26.1 Å². The number of likely N-dealkylation sites (N-methyl/N-ethyl adjacent to an activating group) is 1. The van der Waals surface area contributed by atoms with Crippen molar-refractivity contribution in [2.45, 2.75) is 40.2 Å². The number of nitrogens with zero attached hydrogens (tertiary/aromatic N) is 1. The highest BCUT2D eigenvalue weighted by atomic mass is 16.5. The van der Waals surface area contributed by atoms with Gasteiger partial charge in [-0.15, -0.1) is 0 Å². The lowest BCUT2D eigenvalue weighted by atomic mass is 9.86. The number of rotatable bonds is 8. The van der Waals surface area contributed by atoms with Crippen LogP contribution in [0.4, 0.5) is 5.69 Å². The SMILES string of the molecule is CCOc1ccccc1NC(=O)CCN(C)C(CO)C(C)(C)C. The van der Waals surface area contributed by atoms with E-state index in [1.165, 1.54) is 0 Å². The van der Waals surface area contributed by atoms with Crippen LogP contribution in [0.5, 0.6) is 5.75 Å². The molecule has 0 aliphatic heterocycles. The molecule has 1 aromatic rings. The topological polar surface area (TPSA) is 61.8 Å². The first-order chi connectivity index (χ1) is 10.8. The van der Waals surface area contributed by atoms with Gasteiger partial charge in [0, 0.05) is 19.0 Å². The van der Waals surface area contributed by atoms with Crippen LogP contribution in [0.2, 0.25) is 0 Å². The summed E-state index contributed by atoms with van der Waals surface area (Å²) < 4.78 is 5.51. The van der Waals surface area contributed by atoms with Gasteiger partial charge in [-0.2, -0.15) is 0 Å². The molecule has 1 atom stereocenters. The maximum Gasteiger partial charge on any atom is 0.225 e. The predicted octanol–water partition coefficient (Wildman–Crippen LogP) is 2.75. The molecule has 0 aromatic heterocycles. The van der Waals surface area contributed by atoms with Gasteiger partial charge in [-0.25, -0.2) is 0 Å². The van der Waals surface area contributed by atoms with Crippen LogP contribution in [-0.2, 0) is 4.79 Å². The molecule has 0 spiro atoms. The zero-order chi connectivity index (χ0) is 17.5. The molecule has 1 rings (SSSR count). The molecule has 0 heterocycles. The van der Waals surface area contributed by atoms with Crippen LogP contribution in [0.1, 0.15) is 34.1 Å². The van der Waals surface area contributed by atoms with Crippen molar-refractivity contribution >= 4 is 11.6 Å². The van der Waals surface area contributed by atoms with Crippen molar-refractivity contribution in [3.05, 3.63) is 24.3 Å². The molecular weight excluding hydrogens is 292 g/mol. The van der Waals surface area contributed by atoms with E-state index in [9.17, 15) is 9.90 Å². The first kappa shape index (κ1) is 19.5. The van der Waals surface area contributed by atoms with Crippen molar-refractivity contribution in [3.63, 3.8) is 0 Å². The number of amides is 1. The second-order valence-electron chi connectivity index (χ2n) is 6.77. The summed E-state index contributed by atoms with van der Waals surface area (Å²) in [5.74, 6) is 0.620. The standard InChI is InChI=1S/C18H30N2O3/c1-6-23-15-10-8-7-9-14(15)19-17(22)11-12-20(5)16(13-21)18(2,3)4/h7-10,16,21H,6,11-13H2,1-5H3,(H,19,22). The Bertz CT molecular complexity index is 497. The number of anilines is 1. The van der Waals surface area contributed by atoms with Crippen LogP contribution in [-0.4, -0.2) is 48.8 Å². The molecule has 0 saturated carbocycles. The first-order valence-corrected chi connectivity index (χ1v) is 8.12. The Morgan fingerprint density at radius 2 is 2.00 bits per heavy atom. The molecule has 0 radical (unpaired) electrons. The Morgan fingerprint density at radius 1 is 1.35 bits per heavy atom. The fraction of sp³-hybridized carbons (Fsp3) is 0.611. The third-order valence-electron chi connectivity index (χ3n) is 3.86. The van der Waals surface area contributed by atoms with Gasteiger partial charge in [0.15, 0.2) is 0 Å². The molecule has 1 unspecified atom stereocenters. The van der Waals surface area contributed by atoms with E-state index < -0.39 is 0 Å². The average Bonchev–Trinajstić information content (AvgIpc) is 2.46. The molecule has 0 aliphatic rings. The predicted molar refractivity (Wildman–Crippen MR) is 93.8 cm³/mol. The van der Waals surface area contributed by atoms with Crippen LogP contribution in [0.3, 0.4) is 0 Å². The summed E-state index contributed by atoms with van der Waals surface area (Å²) in [6, 6.07) is 7.44. The zero-order valence-corrected chi connectivity index (χ0v) is 14.9. The van der Waals surface area contributed by atoms with Gasteiger partial charge in [-0.05, 0) is 31.5 Å². The lowest BCUT2D eigenvalue weighted by Gasteiger charge is -2.36. The molecule has 23 heavy (non-hydrogen) atoms. The van der Waals surface area contributed by atoms with Gasteiger partial charge < -0.3 is 20.1 Å². The summed E-state index contributed by atoms with van der Waals surface area (Å²) >= 11 is 0. The highest BCUT2D eigenvalue weighted by molar-refractivity contribution is 5.92. The zero-order valence-electron chi connectivity index (χ0n) is 14.9. The number of carbonyl (C=O) groups is 1. The average molecular weight is 322 g/mol. The Kier molecular flexibility index (Phi) is 7.52. The monoisotopic (exact) mass is 322 g/mol. The molecule has 0 fully saturated rings. The van der Waals surface area contributed by atoms with E-state index in [0.29, 0.717) is 31.0 Å². The van der Waals surface area contributed by atoms with E-state index >= 15 is 0 Å². The summed E-state index contributed by atoms with van der Waals surface area (Å²) in [7, 11) is 1.94. The van der Waals surface area contributed by atoms with Crippen LogP contribution in [0.15, 0.2) is 24.3 Å². The van der Waals surface area contributed by atoms with Crippen LogP contribution in [0.25, 0.3) is 0 Å². The lowest BCUT2D eigenvalue weighted by Crippen LogP contribution is -2.45. The van der Waals surface area contributed by atoms with Crippen LogP contribution >= 0.6 is 0 Å². The number of ether oxygens (including phenoxy) is 1. The van der Waals surface area contributed by atoms with Crippen molar-refractivity contribution in [1.82, 2.24) is 4.90 Å². The van der Waals surface area contributed by atoms with Gasteiger partial charge in [0.25, 0.3) is 0 Å². The van der Waals surface area contributed by atoms with Gasteiger partial charge in [-0.3, -0.25) is 4.79 Å². The minimum Gasteiger partial charge on any atom is -0.492 e. The summed E-state index contributed by atoms with van der Waals surface area (Å²) in [6.07, 6.45) is 0.365. The fourth-order valence-corrected chi connectivity index (χ4v) is 2.57. The van der Waals surface area contributed by atoms with E-state index in [1.54, 1.807) is 0 Å². The lowest BCUT2D eigenvalue weighted by molar-refractivity contribution is -0.116. The quantitative estimate of drug-likeness (QED) is 0.772. The Hall–Kier alpha value is -1.59. The Morgan fingerprint density at radius 3 is 2.57 bits per heavy atom. The Balaban J connectivity index is 2.58. The summed E-state index contributed by atoms with van der Waals surface area (Å²) in [6.45, 7) is 9.39. The van der Waals surface area contributed by atoms with E-state index in [0.717, 1.165) is 0 Å². The number of hydrogen-bond donors (Lipinski definition) is 2. The number of aliphatic hydroxyl groups is 1. The van der Waals surface area contributed by atoms with E-state index in [-0.39, 0.29) is 24.0 Å². The highest BCUT2D eigenvalue weighted by Gasteiger charge is 2.27. The highest BCUT2D eigenvalue weighted by Crippen LogP contribution is 2.25. The molecule has 0 bridgehead atoms. The molecule has 130 valence electrons. The maximum absolute atomic E-state index is 12.2. The van der Waals surface area contributed by atoms with Gasteiger partial charge in [0.2, 0.25) is 5.91 Å². The van der Waals surface area contributed by atoms with Crippen molar-refractivity contribution in [2.75, 3.05) is 32.1 Å². The van der Waals surface area contributed by atoms with E-state index in [4.69, 9.17) is 4.74 Å². The molecule has 1 aromatic carbocycles. The van der Waals surface area contributed by atoms with Gasteiger partial charge >= 0.3 is 0 Å². The minimum atomic E-state index is -0.0606. The van der Waals surface area contributed by atoms with Crippen LogP contribution in [0, 0.1) is 5.41 Å². The van der Waals surface area contributed by atoms with Gasteiger partial charge in [-0.1, -0.05) is 32.9 Å². The van der Waals surface area contributed by atoms with Gasteiger partial charge in [0.05, 0.1) is 18.9 Å². The first-order valence-electron chi connectivity index (χ1n) is 8.12. The number of carbonyl (C=O) groups excluding carboxylic acids is 1. The van der Waals surface area contributed by atoms with Crippen molar-refractivity contribution in [3.8, 4) is 5.75 Å². The van der Waals surface area contributed by atoms with Crippen LogP contribution < -0.4 is 10.1 Å². The van der Waals surface area contributed by atoms with Crippen molar-refractivity contribution in [1.29, 1.82) is 0 Å². The number of para-hydroxylation sites is 2. The van der Waals surface area contributed by atoms with Crippen molar-refractivity contribution < 1.29 is 14.6 Å². The summed E-state index contributed by atoms with van der Waals surface area (Å²) in [5, 5.41) is 12.5. The molecule has 5 nitrogen and oxygen atoms in total. The second kappa shape index (κ2) is 8.89. The van der Waals surface area contributed by atoms with E-state index in [1.807, 2.05) is 43.1 Å². The molecule has 1 amide bonds. The maximum atomic E-state index is 12.2. The number of benzene rings is 1. The third-order valence-corrected chi connectivity index (χ3v) is 3.86. The molecular formula is C18H30N2O3. The normalized spacial score (nSPS) is 13.0. The third kappa shape index (κ3) is 6.20. The molecule has 5 heteroatoms. The second-order valence-corrected chi connectivity index (χ2v) is 6.77. The minimum absolute atomic E-state index is 0.0195. The molecule has 0 aliphatic carbocycles. The smallest absolute Gasteiger partial charge is 0.225 e. The summed E-state index contributed by atoms with van der Waals surface area (Å²) in [5.41, 5.74) is 0.651. The van der Waals surface area contributed by atoms with Gasteiger partial charge in [0.1, 0.15) is 5.75 Å². The molecule has 0 saturated heterocycles. The molecule has 2 N–H and O–H groups in total. The Labute approximate surface area is 139 Å². The number of nitrogens with one attached hydrogen (secondary N) is 1. The van der Waals surface area contributed by atoms with Crippen molar-refractivity contribution in [2.24, 2.45) is 5.41 Å². The number of aliphatic hydroxyl groups excluding tert-OH is 1. The summed E-state index contributed by atoms with van der Waals surface area (Å²) in [4.78, 5) is 14.2. The largest absolute Gasteiger partial charge is 0.492 e.